The van der Waals surface area contributed by atoms with Gasteiger partial charge in [-0.05, 0) is 31.0 Å². The first-order chi connectivity index (χ1) is 10.2. The SMILES string of the molecule is CC1CCNCC1NC(=O)CSc1nc2ccccc2s1.Cl. The number of benzene rings is 1. The lowest BCUT2D eigenvalue weighted by molar-refractivity contribution is -0.119. The molecule has 1 amide bonds. The number of piperidine rings is 1. The molecule has 1 saturated heterocycles. The van der Waals surface area contributed by atoms with Crippen LogP contribution in [-0.4, -0.2) is 35.8 Å². The van der Waals surface area contributed by atoms with E-state index in [-0.39, 0.29) is 24.4 Å². The fourth-order valence-electron chi connectivity index (χ4n) is 2.47. The molecule has 1 aliphatic heterocycles. The number of thiazole rings is 1. The Hall–Kier alpha value is -0.820. The smallest absolute Gasteiger partial charge is 0.230 e. The number of amides is 1. The Morgan fingerprint density at radius 1 is 1.50 bits per heavy atom. The molecule has 0 bridgehead atoms. The highest BCUT2D eigenvalue weighted by Crippen LogP contribution is 2.29. The van der Waals surface area contributed by atoms with Gasteiger partial charge in [0.25, 0.3) is 0 Å². The number of nitrogens with one attached hydrogen (secondary N) is 2. The third kappa shape index (κ3) is 4.35. The number of halogens is 1. The average molecular weight is 358 g/mol. The second-order valence-corrected chi connectivity index (χ2v) is 7.63. The summed E-state index contributed by atoms with van der Waals surface area (Å²) in [7, 11) is 0. The summed E-state index contributed by atoms with van der Waals surface area (Å²) in [6.07, 6.45) is 1.12. The molecule has 0 spiro atoms. The number of hydrogen-bond acceptors (Lipinski definition) is 5. The van der Waals surface area contributed by atoms with Gasteiger partial charge in [0.05, 0.1) is 16.0 Å². The quantitative estimate of drug-likeness (QED) is 0.826. The minimum absolute atomic E-state index is 0. The zero-order valence-electron chi connectivity index (χ0n) is 12.4. The maximum Gasteiger partial charge on any atom is 0.230 e. The number of rotatable bonds is 4. The summed E-state index contributed by atoms with van der Waals surface area (Å²) in [6.45, 7) is 4.12. The van der Waals surface area contributed by atoms with E-state index >= 15 is 0 Å². The van der Waals surface area contributed by atoms with E-state index in [0.717, 1.165) is 29.4 Å². The second-order valence-electron chi connectivity index (χ2n) is 5.38. The average Bonchev–Trinajstić information content (AvgIpc) is 2.90. The topological polar surface area (TPSA) is 54.0 Å². The standard InChI is InChI=1S/C15H19N3OS2.ClH/c1-10-6-7-16-8-12(10)17-14(19)9-20-15-18-11-4-2-3-5-13(11)21-15;/h2-5,10,12,16H,6-9H2,1H3,(H,17,19);1H. The van der Waals surface area contributed by atoms with E-state index in [1.165, 1.54) is 16.5 Å². The maximum atomic E-state index is 12.1. The molecule has 22 heavy (non-hydrogen) atoms. The lowest BCUT2D eigenvalue weighted by atomic mass is 9.95. The van der Waals surface area contributed by atoms with Gasteiger partial charge >= 0.3 is 0 Å². The summed E-state index contributed by atoms with van der Waals surface area (Å²) in [5.41, 5.74) is 1.01. The number of para-hydroxylation sites is 1. The zero-order chi connectivity index (χ0) is 14.7. The van der Waals surface area contributed by atoms with E-state index in [4.69, 9.17) is 0 Å². The molecule has 1 aliphatic rings. The molecule has 3 rings (SSSR count). The second kappa shape index (κ2) is 8.15. The molecule has 2 atom stereocenters. The van der Waals surface area contributed by atoms with Crippen molar-refractivity contribution in [2.75, 3.05) is 18.8 Å². The highest BCUT2D eigenvalue weighted by atomic mass is 35.5. The van der Waals surface area contributed by atoms with Crippen molar-refractivity contribution >= 4 is 51.6 Å². The van der Waals surface area contributed by atoms with Crippen LogP contribution in [0.5, 0.6) is 0 Å². The summed E-state index contributed by atoms with van der Waals surface area (Å²) >= 11 is 3.16. The first-order valence-electron chi connectivity index (χ1n) is 7.21. The van der Waals surface area contributed by atoms with Crippen LogP contribution in [0.2, 0.25) is 0 Å². The first kappa shape index (κ1) is 17.5. The van der Waals surface area contributed by atoms with Crippen molar-refractivity contribution in [3.8, 4) is 0 Å². The van der Waals surface area contributed by atoms with E-state index < -0.39 is 0 Å². The fourth-order valence-corrected chi connectivity index (χ4v) is 4.35. The predicted molar refractivity (Wildman–Crippen MR) is 96.2 cm³/mol. The van der Waals surface area contributed by atoms with Crippen molar-refractivity contribution < 1.29 is 4.79 Å². The number of thioether (sulfide) groups is 1. The van der Waals surface area contributed by atoms with Crippen LogP contribution in [0.25, 0.3) is 10.2 Å². The molecule has 4 nitrogen and oxygen atoms in total. The van der Waals surface area contributed by atoms with E-state index in [1.54, 1.807) is 11.3 Å². The number of carbonyl (C=O) groups excluding carboxylic acids is 1. The Balaban J connectivity index is 0.00000176. The van der Waals surface area contributed by atoms with E-state index in [2.05, 4.69) is 28.6 Å². The van der Waals surface area contributed by atoms with Crippen LogP contribution < -0.4 is 10.6 Å². The Bertz CT molecular complexity index is 601. The van der Waals surface area contributed by atoms with Crippen LogP contribution in [0, 0.1) is 5.92 Å². The van der Waals surface area contributed by atoms with Gasteiger partial charge in [-0.2, -0.15) is 0 Å². The predicted octanol–water partition coefficient (Wildman–Crippen LogP) is 2.92. The summed E-state index contributed by atoms with van der Waals surface area (Å²) in [5, 5.41) is 6.46. The minimum Gasteiger partial charge on any atom is -0.351 e. The molecule has 7 heteroatoms. The van der Waals surface area contributed by atoms with Crippen molar-refractivity contribution in [3.05, 3.63) is 24.3 Å². The summed E-state index contributed by atoms with van der Waals surface area (Å²) in [5.74, 6) is 1.07. The first-order valence-corrected chi connectivity index (χ1v) is 9.01. The third-order valence-corrected chi connectivity index (χ3v) is 5.95. The highest BCUT2D eigenvalue weighted by Gasteiger charge is 2.22. The fraction of sp³-hybridized carbons (Fsp3) is 0.467. The summed E-state index contributed by atoms with van der Waals surface area (Å²) in [4.78, 5) is 16.6. The number of carbonyl (C=O) groups is 1. The molecule has 1 aromatic carbocycles. The zero-order valence-corrected chi connectivity index (χ0v) is 14.8. The summed E-state index contributed by atoms with van der Waals surface area (Å²) in [6, 6.07) is 8.32. The minimum atomic E-state index is 0. The molecule has 2 unspecified atom stereocenters. The number of nitrogens with zero attached hydrogens (tertiary/aromatic N) is 1. The molecular formula is C15H20ClN3OS2. The third-order valence-electron chi connectivity index (χ3n) is 3.77. The maximum absolute atomic E-state index is 12.1. The molecule has 0 radical (unpaired) electrons. The number of fused-ring (bicyclic) bond motifs is 1. The molecule has 2 aromatic rings. The molecule has 1 aromatic heterocycles. The molecule has 2 N–H and O–H groups in total. The van der Waals surface area contributed by atoms with Crippen LogP contribution in [0.15, 0.2) is 28.6 Å². The van der Waals surface area contributed by atoms with Crippen LogP contribution in [0.4, 0.5) is 0 Å². The summed E-state index contributed by atoms with van der Waals surface area (Å²) < 4.78 is 2.13. The Kier molecular flexibility index (Phi) is 6.50. The van der Waals surface area contributed by atoms with Crippen LogP contribution in [0.1, 0.15) is 13.3 Å². The van der Waals surface area contributed by atoms with Gasteiger partial charge in [-0.25, -0.2) is 4.98 Å². The van der Waals surface area contributed by atoms with Crippen LogP contribution in [-0.2, 0) is 4.79 Å². The molecule has 1 fully saturated rings. The van der Waals surface area contributed by atoms with Gasteiger partial charge in [0.1, 0.15) is 0 Å². The normalized spacial score (nSPS) is 21.3. The van der Waals surface area contributed by atoms with Crippen LogP contribution in [0.3, 0.4) is 0 Å². The Labute approximate surface area is 144 Å². The monoisotopic (exact) mass is 357 g/mol. The Morgan fingerprint density at radius 3 is 3.09 bits per heavy atom. The van der Waals surface area contributed by atoms with Crippen molar-refractivity contribution in [3.63, 3.8) is 0 Å². The molecular weight excluding hydrogens is 338 g/mol. The van der Waals surface area contributed by atoms with Gasteiger partial charge in [-0.3, -0.25) is 4.79 Å². The van der Waals surface area contributed by atoms with Gasteiger partial charge in [-0.15, -0.1) is 23.7 Å². The lowest BCUT2D eigenvalue weighted by Crippen LogP contribution is -2.50. The lowest BCUT2D eigenvalue weighted by Gasteiger charge is -2.30. The number of hydrogen-bond donors (Lipinski definition) is 2. The van der Waals surface area contributed by atoms with Crippen molar-refractivity contribution in [1.82, 2.24) is 15.6 Å². The van der Waals surface area contributed by atoms with Gasteiger partial charge in [0, 0.05) is 12.6 Å². The van der Waals surface area contributed by atoms with Crippen molar-refractivity contribution in [2.24, 2.45) is 5.92 Å². The molecule has 0 saturated carbocycles. The van der Waals surface area contributed by atoms with Crippen LogP contribution >= 0.6 is 35.5 Å². The van der Waals surface area contributed by atoms with Gasteiger partial charge in [0.2, 0.25) is 5.91 Å². The Morgan fingerprint density at radius 2 is 2.32 bits per heavy atom. The molecule has 2 heterocycles. The molecule has 0 aliphatic carbocycles. The van der Waals surface area contributed by atoms with E-state index in [0.29, 0.717) is 11.7 Å². The molecule has 120 valence electrons. The van der Waals surface area contributed by atoms with Gasteiger partial charge in [0.15, 0.2) is 4.34 Å². The largest absolute Gasteiger partial charge is 0.351 e. The van der Waals surface area contributed by atoms with Crippen molar-refractivity contribution in [2.45, 2.75) is 23.7 Å². The van der Waals surface area contributed by atoms with E-state index in [1.807, 2.05) is 18.2 Å². The highest BCUT2D eigenvalue weighted by molar-refractivity contribution is 8.01. The number of aromatic nitrogens is 1. The van der Waals surface area contributed by atoms with Gasteiger partial charge < -0.3 is 10.6 Å². The van der Waals surface area contributed by atoms with Gasteiger partial charge in [-0.1, -0.05) is 30.8 Å². The van der Waals surface area contributed by atoms with Crippen molar-refractivity contribution in [1.29, 1.82) is 0 Å². The van der Waals surface area contributed by atoms with E-state index in [9.17, 15) is 4.79 Å².